The maximum Gasteiger partial charge on any atom is 0.119 e. The number of halogens is 3. The maximum atomic E-state index is 6.19. The van der Waals surface area contributed by atoms with Crippen LogP contribution in [-0.2, 0) is 6.42 Å². The van der Waals surface area contributed by atoms with Gasteiger partial charge in [0.05, 0.1) is 28.9 Å². The molecule has 0 saturated carbocycles. The molecule has 2 rings (SSSR count). The van der Waals surface area contributed by atoms with E-state index < -0.39 is 0 Å². The Kier molecular flexibility index (Phi) is 5.84. The Morgan fingerprint density at radius 2 is 2.14 bits per heavy atom. The lowest BCUT2D eigenvalue weighted by Crippen LogP contribution is -2.30. The van der Waals surface area contributed by atoms with E-state index >= 15 is 0 Å². The number of nitrogens with two attached hydrogens (primary N) is 1. The van der Waals surface area contributed by atoms with E-state index in [9.17, 15) is 0 Å². The number of ether oxygens (including phenoxy) is 1. The zero-order valence-electron chi connectivity index (χ0n) is 11.2. The van der Waals surface area contributed by atoms with Crippen LogP contribution in [0.1, 0.15) is 17.3 Å². The Hall–Kier alpha value is -0.850. The van der Waals surface area contributed by atoms with E-state index in [0.717, 1.165) is 15.8 Å². The molecule has 1 aromatic heterocycles. The zero-order valence-corrected chi connectivity index (χ0v) is 14.3. The first-order chi connectivity index (χ1) is 10.0. The highest BCUT2D eigenvalue weighted by Crippen LogP contribution is 2.29. The molecule has 0 aliphatic rings. The van der Waals surface area contributed by atoms with E-state index in [1.165, 1.54) is 0 Å². The van der Waals surface area contributed by atoms with E-state index in [1.54, 1.807) is 19.4 Å². The van der Waals surface area contributed by atoms with Gasteiger partial charge in [0, 0.05) is 10.7 Å². The molecule has 7 heteroatoms. The topological polar surface area (TPSA) is 60.2 Å². The molecule has 0 fully saturated rings. The fraction of sp³-hybridized carbons (Fsp3) is 0.214. The summed E-state index contributed by atoms with van der Waals surface area (Å²) in [5, 5.41) is 0.964. The van der Waals surface area contributed by atoms with Crippen LogP contribution in [0.25, 0.3) is 0 Å². The average Bonchev–Trinajstić information content (AvgIpc) is 2.47. The van der Waals surface area contributed by atoms with Gasteiger partial charge in [-0.1, -0.05) is 39.1 Å². The summed E-state index contributed by atoms with van der Waals surface area (Å²) in [6.45, 7) is 0. The van der Waals surface area contributed by atoms with Crippen LogP contribution in [0.4, 0.5) is 0 Å². The summed E-state index contributed by atoms with van der Waals surface area (Å²) in [4.78, 5) is 4.26. The van der Waals surface area contributed by atoms with Crippen molar-refractivity contribution in [2.45, 2.75) is 12.5 Å². The van der Waals surface area contributed by atoms with Crippen LogP contribution < -0.4 is 16.0 Å². The number of hydrogen-bond donors (Lipinski definition) is 2. The first kappa shape index (κ1) is 16.5. The molecule has 0 radical (unpaired) electrons. The second kappa shape index (κ2) is 7.42. The van der Waals surface area contributed by atoms with Crippen molar-refractivity contribution in [3.05, 3.63) is 56.2 Å². The number of hydrogen-bond acceptors (Lipinski definition) is 4. The minimum absolute atomic E-state index is 0.238. The number of rotatable bonds is 5. The van der Waals surface area contributed by atoms with Gasteiger partial charge in [0.15, 0.2) is 0 Å². The molecule has 112 valence electrons. The number of methoxy groups -OCH3 is 1. The standard InChI is InChI=1S/C14H14BrCl2N3O/c1-21-10-2-3-11(15)8(4-10)5-13(20-18)14-12(17)6-9(16)7-19-14/h2-4,6-7,13,20H,5,18H2,1H3. The number of aromatic nitrogens is 1. The first-order valence-corrected chi connectivity index (χ1v) is 7.69. The Labute approximate surface area is 141 Å². The fourth-order valence-electron chi connectivity index (χ4n) is 1.97. The lowest BCUT2D eigenvalue weighted by molar-refractivity contribution is 0.413. The molecule has 2 aromatic rings. The Bertz CT molecular complexity index is 640. The lowest BCUT2D eigenvalue weighted by atomic mass is 10.0. The maximum absolute atomic E-state index is 6.19. The van der Waals surface area contributed by atoms with Crippen molar-refractivity contribution in [3.63, 3.8) is 0 Å². The molecule has 3 N–H and O–H groups in total. The van der Waals surface area contributed by atoms with Crippen LogP contribution in [0.3, 0.4) is 0 Å². The van der Waals surface area contributed by atoms with Crippen molar-refractivity contribution in [1.82, 2.24) is 10.4 Å². The van der Waals surface area contributed by atoms with Crippen molar-refractivity contribution in [2.24, 2.45) is 5.84 Å². The summed E-state index contributed by atoms with van der Waals surface area (Å²) in [5.41, 5.74) is 4.42. The van der Waals surface area contributed by atoms with Crippen molar-refractivity contribution in [3.8, 4) is 5.75 Å². The van der Waals surface area contributed by atoms with Crippen LogP contribution >= 0.6 is 39.1 Å². The zero-order chi connectivity index (χ0) is 15.4. The number of benzene rings is 1. The van der Waals surface area contributed by atoms with E-state index in [1.807, 2.05) is 18.2 Å². The summed E-state index contributed by atoms with van der Waals surface area (Å²) in [7, 11) is 1.63. The van der Waals surface area contributed by atoms with Crippen LogP contribution in [0.15, 0.2) is 34.9 Å². The molecule has 0 aliphatic heterocycles. The molecule has 1 unspecified atom stereocenters. The van der Waals surface area contributed by atoms with Gasteiger partial charge in [0.1, 0.15) is 5.75 Å². The SMILES string of the molecule is COc1ccc(Br)c(CC(NN)c2ncc(Cl)cc2Cl)c1. The quantitative estimate of drug-likeness (QED) is 0.600. The van der Waals surface area contributed by atoms with E-state index in [-0.39, 0.29) is 6.04 Å². The third-order valence-electron chi connectivity index (χ3n) is 3.04. The number of nitrogens with one attached hydrogen (secondary N) is 1. The molecule has 0 aliphatic carbocycles. The molecular weight excluding hydrogens is 377 g/mol. The summed E-state index contributed by atoms with van der Waals surface area (Å²) in [5.74, 6) is 6.43. The van der Waals surface area contributed by atoms with Gasteiger partial charge in [0.2, 0.25) is 0 Å². The van der Waals surface area contributed by atoms with E-state index in [0.29, 0.717) is 22.2 Å². The molecule has 0 saturated heterocycles. The molecule has 1 atom stereocenters. The highest BCUT2D eigenvalue weighted by atomic mass is 79.9. The van der Waals surface area contributed by atoms with Gasteiger partial charge in [-0.15, -0.1) is 0 Å². The molecule has 0 amide bonds. The largest absolute Gasteiger partial charge is 0.497 e. The Balaban J connectivity index is 2.30. The lowest BCUT2D eigenvalue weighted by Gasteiger charge is -2.18. The highest BCUT2D eigenvalue weighted by molar-refractivity contribution is 9.10. The van der Waals surface area contributed by atoms with Crippen LogP contribution in [0.5, 0.6) is 5.75 Å². The van der Waals surface area contributed by atoms with Crippen molar-refractivity contribution >= 4 is 39.1 Å². The summed E-state index contributed by atoms with van der Waals surface area (Å²) >= 11 is 15.6. The fourth-order valence-corrected chi connectivity index (χ4v) is 2.89. The molecular formula is C14H14BrCl2N3O. The molecule has 4 nitrogen and oxygen atoms in total. The monoisotopic (exact) mass is 389 g/mol. The molecule has 1 aromatic carbocycles. The molecule has 21 heavy (non-hydrogen) atoms. The summed E-state index contributed by atoms with van der Waals surface area (Å²) < 4.78 is 6.20. The summed E-state index contributed by atoms with van der Waals surface area (Å²) in [6.07, 6.45) is 2.15. The first-order valence-electron chi connectivity index (χ1n) is 6.14. The second-order valence-electron chi connectivity index (χ2n) is 4.40. The van der Waals surface area contributed by atoms with E-state index in [2.05, 4.69) is 26.3 Å². The van der Waals surface area contributed by atoms with Crippen molar-refractivity contribution in [2.75, 3.05) is 7.11 Å². The predicted octanol–water partition coefficient (Wildman–Crippen LogP) is 3.91. The second-order valence-corrected chi connectivity index (χ2v) is 6.10. The Morgan fingerprint density at radius 1 is 1.38 bits per heavy atom. The van der Waals surface area contributed by atoms with Crippen LogP contribution in [-0.4, -0.2) is 12.1 Å². The third kappa shape index (κ3) is 4.08. The highest BCUT2D eigenvalue weighted by Gasteiger charge is 2.17. The van der Waals surface area contributed by atoms with Gasteiger partial charge in [-0.05, 0) is 36.2 Å². The number of nitrogens with zero attached hydrogens (tertiary/aromatic N) is 1. The molecule has 0 spiro atoms. The smallest absolute Gasteiger partial charge is 0.119 e. The van der Waals surface area contributed by atoms with E-state index in [4.69, 9.17) is 33.8 Å². The van der Waals surface area contributed by atoms with Gasteiger partial charge >= 0.3 is 0 Å². The van der Waals surface area contributed by atoms with Crippen LogP contribution in [0, 0.1) is 0 Å². The average molecular weight is 391 g/mol. The number of hydrazine groups is 1. The predicted molar refractivity (Wildman–Crippen MR) is 88.7 cm³/mol. The van der Waals surface area contributed by atoms with Gasteiger partial charge in [-0.25, -0.2) is 0 Å². The minimum atomic E-state index is -0.238. The molecule has 1 heterocycles. The van der Waals surface area contributed by atoms with Gasteiger partial charge in [0.25, 0.3) is 0 Å². The van der Waals surface area contributed by atoms with Crippen LogP contribution in [0.2, 0.25) is 10.0 Å². The van der Waals surface area contributed by atoms with Crippen molar-refractivity contribution in [1.29, 1.82) is 0 Å². The van der Waals surface area contributed by atoms with Gasteiger partial charge < -0.3 is 4.74 Å². The molecule has 0 bridgehead atoms. The van der Waals surface area contributed by atoms with Gasteiger partial charge in [-0.3, -0.25) is 16.3 Å². The minimum Gasteiger partial charge on any atom is -0.497 e. The van der Waals surface area contributed by atoms with Gasteiger partial charge in [-0.2, -0.15) is 0 Å². The Morgan fingerprint density at radius 3 is 2.76 bits per heavy atom. The van der Waals surface area contributed by atoms with Crippen molar-refractivity contribution < 1.29 is 4.74 Å². The number of pyridine rings is 1. The third-order valence-corrected chi connectivity index (χ3v) is 4.33. The normalized spacial score (nSPS) is 12.2. The summed E-state index contributed by atoms with van der Waals surface area (Å²) in [6, 6.07) is 7.16.